The molecule has 1 saturated heterocycles. The fourth-order valence-corrected chi connectivity index (χ4v) is 2.60. The van der Waals surface area contributed by atoms with Crippen molar-refractivity contribution in [1.29, 1.82) is 0 Å². The van der Waals surface area contributed by atoms with Gasteiger partial charge in [-0.15, -0.1) is 0 Å². The van der Waals surface area contributed by atoms with E-state index in [0.717, 1.165) is 43.5 Å². The third-order valence-electron chi connectivity index (χ3n) is 3.43. The molecule has 0 aromatic heterocycles. The molecule has 2 rings (SSSR count). The van der Waals surface area contributed by atoms with Crippen LogP contribution in [-0.2, 0) is 4.74 Å². The molecule has 0 bridgehead atoms. The van der Waals surface area contributed by atoms with E-state index in [2.05, 4.69) is 39.9 Å². The largest absolute Gasteiger partial charge is 0.449 e. The highest BCUT2D eigenvalue weighted by atomic mass is 79.9. The summed E-state index contributed by atoms with van der Waals surface area (Å²) >= 11 is 3.49. The third kappa shape index (κ3) is 4.13. The normalized spacial score (nSPS) is 15.3. The molecule has 0 saturated carbocycles. The van der Waals surface area contributed by atoms with E-state index in [1.54, 1.807) is 4.90 Å². The van der Waals surface area contributed by atoms with Gasteiger partial charge < -0.3 is 14.5 Å². The van der Waals surface area contributed by atoms with Crippen molar-refractivity contribution in [2.75, 3.05) is 37.7 Å². The minimum Gasteiger partial charge on any atom is -0.449 e. The van der Waals surface area contributed by atoms with E-state index in [0.29, 0.717) is 6.61 Å². The molecule has 1 aliphatic heterocycles. The van der Waals surface area contributed by atoms with Crippen molar-refractivity contribution in [2.24, 2.45) is 0 Å². The molecule has 0 aliphatic carbocycles. The lowest BCUT2D eigenvalue weighted by Gasteiger charge is -2.35. The van der Waals surface area contributed by atoms with Crippen LogP contribution < -0.4 is 4.90 Å². The summed E-state index contributed by atoms with van der Waals surface area (Å²) in [5.74, 6) is 0. The van der Waals surface area contributed by atoms with Crippen LogP contribution in [0.2, 0.25) is 0 Å². The van der Waals surface area contributed by atoms with Crippen LogP contribution in [0.4, 0.5) is 10.5 Å². The first-order valence-electron chi connectivity index (χ1n) is 7.13. The van der Waals surface area contributed by atoms with Crippen molar-refractivity contribution >= 4 is 27.7 Å². The minimum atomic E-state index is -0.174. The summed E-state index contributed by atoms with van der Waals surface area (Å²) in [5.41, 5.74) is 1.19. The lowest BCUT2D eigenvalue weighted by Crippen LogP contribution is -2.49. The number of amides is 1. The van der Waals surface area contributed by atoms with E-state index in [1.807, 2.05) is 12.1 Å². The number of nitrogens with zero attached hydrogens (tertiary/aromatic N) is 2. The lowest BCUT2D eigenvalue weighted by molar-refractivity contribution is 0.0989. The number of carbonyl (C=O) groups excluding carboxylic acids is 1. The van der Waals surface area contributed by atoms with E-state index in [9.17, 15) is 4.79 Å². The molecule has 0 atom stereocenters. The Morgan fingerprint density at radius 2 is 2.05 bits per heavy atom. The van der Waals surface area contributed by atoms with Gasteiger partial charge in [0.15, 0.2) is 0 Å². The van der Waals surface area contributed by atoms with Crippen molar-refractivity contribution in [3.8, 4) is 0 Å². The first-order chi connectivity index (χ1) is 9.70. The number of rotatable bonds is 4. The highest BCUT2D eigenvalue weighted by Gasteiger charge is 2.22. The molecule has 0 radical (unpaired) electrons. The van der Waals surface area contributed by atoms with Gasteiger partial charge in [-0.25, -0.2) is 4.79 Å². The van der Waals surface area contributed by atoms with Crippen molar-refractivity contribution in [3.63, 3.8) is 0 Å². The van der Waals surface area contributed by atoms with Crippen LogP contribution in [0.1, 0.15) is 19.8 Å². The molecule has 5 heteroatoms. The van der Waals surface area contributed by atoms with Crippen LogP contribution in [0.5, 0.6) is 0 Å². The van der Waals surface area contributed by atoms with Crippen LogP contribution in [0.15, 0.2) is 28.7 Å². The molecule has 4 nitrogen and oxygen atoms in total. The average Bonchev–Trinajstić information content (AvgIpc) is 2.47. The zero-order chi connectivity index (χ0) is 14.4. The maximum Gasteiger partial charge on any atom is 0.409 e. The van der Waals surface area contributed by atoms with Crippen LogP contribution in [0.25, 0.3) is 0 Å². The number of carbonyl (C=O) groups is 1. The van der Waals surface area contributed by atoms with Gasteiger partial charge in [0.2, 0.25) is 0 Å². The smallest absolute Gasteiger partial charge is 0.409 e. The Hall–Kier alpha value is -1.23. The summed E-state index contributed by atoms with van der Waals surface area (Å²) < 4.78 is 6.32. The van der Waals surface area contributed by atoms with Crippen molar-refractivity contribution in [1.82, 2.24) is 4.90 Å². The number of hydrogen-bond donors (Lipinski definition) is 0. The topological polar surface area (TPSA) is 32.8 Å². The molecular weight excluding hydrogens is 320 g/mol. The zero-order valence-corrected chi connectivity index (χ0v) is 13.4. The van der Waals surface area contributed by atoms with Crippen LogP contribution in [0.3, 0.4) is 0 Å². The summed E-state index contributed by atoms with van der Waals surface area (Å²) in [7, 11) is 0. The van der Waals surface area contributed by atoms with Gasteiger partial charge in [0, 0.05) is 36.3 Å². The highest BCUT2D eigenvalue weighted by Crippen LogP contribution is 2.21. The summed E-state index contributed by atoms with van der Waals surface area (Å²) in [4.78, 5) is 15.9. The Bertz CT molecular complexity index is 445. The molecule has 1 fully saturated rings. The van der Waals surface area contributed by atoms with Gasteiger partial charge in [0.25, 0.3) is 0 Å². The van der Waals surface area contributed by atoms with Gasteiger partial charge in [-0.2, -0.15) is 0 Å². The number of hydrogen-bond acceptors (Lipinski definition) is 3. The van der Waals surface area contributed by atoms with E-state index in [-0.39, 0.29) is 6.09 Å². The first-order valence-corrected chi connectivity index (χ1v) is 7.92. The Kier molecular flexibility index (Phi) is 5.71. The predicted molar refractivity (Wildman–Crippen MR) is 84.2 cm³/mol. The lowest BCUT2D eigenvalue weighted by atomic mass is 10.2. The van der Waals surface area contributed by atoms with E-state index in [4.69, 9.17) is 4.74 Å². The molecule has 0 unspecified atom stereocenters. The summed E-state index contributed by atoms with van der Waals surface area (Å²) in [6.45, 7) is 5.75. The summed E-state index contributed by atoms with van der Waals surface area (Å²) in [5, 5.41) is 0. The maximum atomic E-state index is 11.8. The standard InChI is InChI=1S/C15H21BrN2O2/c1-2-3-11-20-15(19)18-9-7-17(8-10-18)14-6-4-5-13(16)12-14/h4-6,12H,2-3,7-11H2,1H3. The Balaban J connectivity index is 1.81. The molecular formula is C15H21BrN2O2. The van der Waals surface area contributed by atoms with Crippen LogP contribution in [-0.4, -0.2) is 43.8 Å². The van der Waals surface area contributed by atoms with Gasteiger partial charge in [-0.3, -0.25) is 0 Å². The minimum absolute atomic E-state index is 0.174. The SMILES string of the molecule is CCCCOC(=O)N1CCN(c2cccc(Br)c2)CC1. The molecule has 1 amide bonds. The molecule has 0 spiro atoms. The second-order valence-electron chi connectivity index (χ2n) is 4.92. The first kappa shape index (κ1) is 15.2. The fourth-order valence-electron chi connectivity index (χ4n) is 2.22. The van der Waals surface area contributed by atoms with Crippen molar-refractivity contribution in [3.05, 3.63) is 28.7 Å². The number of ether oxygens (including phenoxy) is 1. The number of anilines is 1. The molecule has 1 heterocycles. The van der Waals surface area contributed by atoms with Gasteiger partial charge in [-0.1, -0.05) is 35.3 Å². The highest BCUT2D eigenvalue weighted by molar-refractivity contribution is 9.10. The monoisotopic (exact) mass is 340 g/mol. The number of unbranched alkanes of at least 4 members (excludes halogenated alkanes) is 1. The van der Waals surface area contributed by atoms with E-state index < -0.39 is 0 Å². The number of benzene rings is 1. The predicted octanol–water partition coefficient (Wildman–Crippen LogP) is 3.51. The molecule has 110 valence electrons. The Labute approximate surface area is 128 Å². The molecule has 20 heavy (non-hydrogen) atoms. The fraction of sp³-hybridized carbons (Fsp3) is 0.533. The summed E-state index contributed by atoms with van der Waals surface area (Å²) in [6.07, 6.45) is 1.81. The number of halogens is 1. The van der Waals surface area contributed by atoms with Crippen molar-refractivity contribution in [2.45, 2.75) is 19.8 Å². The van der Waals surface area contributed by atoms with Gasteiger partial charge in [0.1, 0.15) is 0 Å². The molecule has 0 N–H and O–H groups in total. The molecule has 1 aromatic carbocycles. The van der Waals surface area contributed by atoms with Crippen LogP contribution >= 0.6 is 15.9 Å². The number of piperazine rings is 1. The van der Waals surface area contributed by atoms with Gasteiger partial charge in [0.05, 0.1) is 6.61 Å². The molecule has 1 aliphatic rings. The molecule has 1 aromatic rings. The quantitative estimate of drug-likeness (QED) is 0.786. The zero-order valence-electron chi connectivity index (χ0n) is 11.8. The van der Waals surface area contributed by atoms with Gasteiger partial charge in [-0.05, 0) is 24.6 Å². The van der Waals surface area contributed by atoms with E-state index in [1.165, 1.54) is 5.69 Å². The van der Waals surface area contributed by atoms with E-state index >= 15 is 0 Å². The average molecular weight is 341 g/mol. The third-order valence-corrected chi connectivity index (χ3v) is 3.93. The Morgan fingerprint density at radius 1 is 1.30 bits per heavy atom. The van der Waals surface area contributed by atoms with Crippen molar-refractivity contribution < 1.29 is 9.53 Å². The van der Waals surface area contributed by atoms with Crippen LogP contribution in [0, 0.1) is 0 Å². The second kappa shape index (κ2) is 7.53. The second-order valence-corrected chi connectivity index (χ2v) is 5.84. The Morgan fingerprint density at radius 3 is 2.70 bits per heavy atom. The summed E-state index contributed by atoms with van der Waals surface area (Å²) in [6, 6.07) is 8.25. The maximum absolute atomic E-state index is 11.8. The van der Waals surface area contributed by atoms with Gasteiger partial charge >= 0.3 is 6.09 Å².